The SMILES string of the molecule is c1ccc(-n2c3ccccc3c3c(-c4nc5ccccc5c5ccccc45)cccc32)cc1.c1ccc(-n2c3ccccc3c3cc(-c4ccc5oc6c(-c7nc8ccccc8c8ccccc78)cccc6c5c4)ccc32)cc1.c1ccc(-n2c3ccccc3c3cc(-c4ccc5oc6cccc(-c7nc8ccccc8c8ccccc78)c6c5c4)ccc32)cc1. The number of furan rings is 2. The number of pyridine rings is 3. The van der Waals surface area contributed by atoms with Crippen LogP contribution in [0, 0.1) is 0 Å². The Morgan fingerprint density at radius 2 is 0.480 bits per heavy atom. The van der Waals surface area contributed by atoms with Gasteiger partial charge in [-0.1, -0.05) is 297 Å². The van der Waals surface area contributed by atoms with Crippen LogP contribution in [-0.2, 0) is 0 Å². The Morgan fingerprint density at radius 3 is 0.960 bits per heavy atom. The average molecular weight is 1590 g/mol. The van der Waals surface area contributed by atoms with E-state index in [1.807, 2.05) is 6.07 Å². The van der Waals surface area contributed by atoms with Gasteiger partial charge in [0.2, 0.25) is 0 Å². The predicted molar refractivity (Wildman–Crippen MR) is 523 cm³/mol. The van der Waals surface area contributed by atoms with E-state index in [2.05, 4.69) is 444 Å². The molecule has 19 aromatic carbocycles. The summed E-state index contributed by atoms with van der Waals surface area (Å²) in [6.07, 6.45) is 0. The molecule has 0 aliphatic rings. The maximum Gasteiger partial charge on any atom is 0.144 e. The van der Waals surface area contributed by atoms with Gasteiger partial charge in [0.15, 0.2) is 0 Å². The number of para-hydroxylation sites is 10. The molecule has 0 aliphatic heterocycles. The Morgan fingerprint density at radius 1 is 0.168 bits per heavy atom. The molecule has 27 aromatic rings. The van der Waals surface area contributed by atoms with Crippen LogP contribution in [0.1, 0.15) is 0 Å². The van der Waals surface area contributed by atoms with Gasteiger partial charge in [0.05, 0.1) is 66.7 Å². The highest BCUT2D eigenvalue weighted by Crippen LogP contribution is 2.47. The van der Waals surface area contributed by atoms with Crippen molar-refractivity contribution in [2.45, 2.75) is 0 Å². The zero-order valence-electron chi connectivity index (χ0n) is 67.6. The third kappa shape index (κ3) is 11.6. The number of benzene rings is 19. The number of rotatable bonds is 8. The topological polar surface area (TPSA) is 79.7 Å². The van der Waals surface area contributed by atoms with Crippen molar-refractivity contribution >= 4 is 174 Å². The molecule has 0 fully saturated rings. The Bertz CT molecular complexity index is 9060. The van der Waals surface area contributed by atoms with E-state index < -0.39 is 0 Å². The van der Waals surface area contributed by atoms with Crippen molar-refractivity contribution < 1.29 is 8.83 Å². The van der Waals surface area contributed by atoms with Crippen LogP contribution < -0.4 is 0 Å². The first-order valence-electron chi connectivity index (χ1n) is 42.5. The molecule has 0 spiro atoms. The molecule has 8 heterocycles. The Balaban J connectivity index is 0.000000104. The van der Waals surface area contributed by atoms with E-state index >= 15 is 0 Å². The highest BCUT2D eigenvalue weighted by Gasteiger charge is 2.25. The quantitative estimate of drug-likeness (QED) is 0.142. The lowest BCUT2D eigenvalue weighted by Crippen LogP contribution is -1.93. The van der Waals surface area contributed by atoms with Gasteiger partial charge in [-0.05, 0) is 178 Å². The van der Waals surface area contributed by atoms with Gasteiger partial charge in [0, 0.05) is 120 Å². The summed E-state index contributed by atoms with van der Waals surface area (Å²) in [6, 6.07) is 155. The van der Waals surface area contributed by atoms with Crippen molar-refractivity contribution in [3.05, 3.63) is 437 Å². The second-order valence-electron chi connectivity index (χ2n) is 32.3. The molecule has 0 N–H and O–H groups in total. The van der Waals surface area contributed by atoms with E-state index in [1.54, 1.807) is 0 Å². The maximum absolute atomic E-state index is 6.63. The number of aromatic nitrogens is 6. The smallest absolute Gasteiger partial charge is 0.144 e. The van der Waals surface area contributed by atoms with E-state index in [0.717, 1.165) is 138 Å². The van der Waals surface area contributed by atoms with Crippen LogP contribution in [0.2, 0.25) is 0 Å². The van der Waals surface area contributed by atoms with Crippen LogP contribution in [0.25, 0.3) is 247 Å². The number of nitrogens with zero attached hydrogens (tertiary/aromatic N) is 6. The third-order valence-electron chi connectivity index (χ3n) is 25.3. The Hall–Kier alpha value is -16.8. The minimum atomic E-state index is 0.865. The molecule has 0 amide bonds. The zero-order chi connectivity index (χ0) is 82.2. The van der Waals surface area contributed by atoms with E-state index in [0.29, 0.717) is 0 Å². The monoisotopic (exact) mass is 1590 g/mol. The molecule has 0 bridgehead atoms. The van der Waals surface area contributed by atoms with Crippen LogP contribution in [0.5, 0.6) is 0 Å². The number of hydrogen-bond donors (Lipinski definition) is 0. The predicted octanol–water partition coefficient (Wildman–Crippen LogP) is 31.6. The molecular weight excluding hydrogens is 1520 g/mol. The first kappa shape index (κ1) is 71.1. The van der Waals surface area contributed by atoms with E-state index in [1.165, 1.54) is 109 Å². The first-order chi connectivity index (χ1) is 62.0. The second-order valence-corrected chi connectivity index (χ2v) is 32.3. The van der Waals surface area contributed by atoms with Gasteiger partial charge >= 0.3 is 0 Å². The van der Waals surface area contributed by atoms with Crippen LogP contribution in [0.15, 0.2) is 446 Å². The molecule has 0 radical (unpaired) electrons. The summed E-state index contributed by atoms with van der Waals surface area (Å²) in [4.78, 5) is 15.6. The van der Waals surface area contributed by atoms with Crippen molar-refractivity contribution in [3.63, 3.8) is 0 Å². The summed E-state index contributed by atoms with van der Waals surface area (Å²) < 4.78 is 20.1. The molecule has 8 heteroatoms. The first-order valence-corrected chi connectivity index (χ1v) is 42.5. The van der Waals surface area contributed by atoms with Crippen molar-refractivity contribution in [1.82, 2.24) is 28.7 Å². The van der Waals surface area contributed by atoms with Crippen LogP contribution in [-0.4, -0.2) is 28.7 Å². The molecule has 582 valence electrons. The second kappa shape index (κ2) is 29.0. The lowest BCUT2D eigenvalue weighted by Gasteiger charge is -2.12. The summed E-state index contributed by atoms with van der Waals surface area (Å²) in [6.45, 7) is 0. The standard InChI is InChI=1S/2C43H26N2O.C31H20N2/c1-2-11-29(12-3-1)45-39-20-9-7-15-32(39)36-25-27(21-23-40(36)45)28-22-24-41-37(26-28)34-17-10-18-35(43(34)46-41)42-33-16-5-4-13-30(33)31-14-6-8-19-38(31)44-42;1-2-11-29(12-3-1)45-38-19-9-7-15-32(38)35-25-27(21-23-39(35)45)28-22-24-40-36(26-28)42-34(17-10-20-41(42)46-40)43-33-16-5-4-13-30(33)31-14-6-8-18-37(31)44-43;1-2-11-21(12-3-1)33-28-19-9-7-16-25(28)30-26(17-10-20-29(30)33)31-24-15-5-4-13-22(24)23-14-6-8-18-27(23)32-31/h2*1-26H;1-20H. The number of hydrogen-bond acceptors (Lipinski definition) is 5. The van der Waals surface area contributed by atoms with E-state index in [-0.39, 0.29) is 0 Å². The summed E-state index contributed by atoms with van der Waals surface area (Å²) in [5.41, 5.74) is 28.0. The summed E-state index contributed by atoms with van der Waals surface area (Å²) in [5, 5.41) is 22.4. The fourth-order valence-electron chi connectivity index (χ4n) is 19.8. The molecular formula is C117H72N6O2. The van der Waals surface area contributed by atoms with Crippen molar-refractivity contribution in [2.24, 2.45) is 0 Å². The number of fused-ring (bicyclic) bond motifs is 24. The molecule has 0 unspecified atom stereocenters. The summed E-state index contributed by atoms with van der Waals surface area (Å²) >= 11 is 0. The highest BCUT2D eigenvalue weighted by molar-refractivity contribution is 6.23. The third-order valence-corrected chi connectivity index (χ3v) is 25.3. The van der Waals surface area contributed by atoms with Crippen molar-refractivity contribution in [3.8, 4) is 73.1 Å². The fourth-order valence-corrected chi connectivity index (χ4v) is 19.8. The average Bonchev–Trinajstić information content (AvgIpc) is 1.61. The molecule has 8 aromatic heterocycles. The van der Waals surface area contributed by atoms with Gasteiger partial charge in [-0.15, -0.1) is 0 Å². The van der Waals surface area contributed by atoms with Crippen molar-refractivity contribution in [1.29, 1.82) is 0 Å². The largest absolute Gasteiger partial charge is 0.456 e. The minimum absolute atomic E-state index is 0.865. The molecule has 0 aliphatic carbocycles. The molecule has 0 atom stereocenters. The molecule has 8 nitrogen and oxygen atoms in total. The lowest BCUT2D eigenvalue weighted by atomic mass is 9.95. The van der Waals surface area contributed by atoms with Gasteiger partial charge in [0.1, 0.15) is 22.3 Å². The Labute approximate surface area is 716 Å². The molecule has 0 saturated carbocycles. The maximum atomic E-state index is 6.63. The van der Waals surface area contributed by atoms with Crippen LogP contribution in [0.4, 0.5) is 0 Å². The van der Waals surface area contributed by atoms with Gasteiger partial charge in [-0.25, -0.2) is 15.0 Å². The zero-order valence-corrected chi connectivity index (χ0v) is 67.6. The van der Waals surface area contributed by atoms with Gasteiger partial charge in [0.25, 0.3) is 0 Å². The Kier molecular flexibility index (Phi) is 16.5. The molecule has 125 heavy (non-hydrogen) atoms. The van der Waals surface area contributed by atoms with Crippen LogP contribution in [0.3, 0.4) is 0 Å². The fraction of sp³-hybridized carbons (Fsp3) is 0. The molecule has 27 rings (SSSR count). The van der Waals surface area contributed by atoms with Gasteiger partial charge in [-0.3, -0.25) is 0 Å². The van der Waals surface area contributed by atoms with Gasteiger partial charge in [-0.2, -0.15) is 0 Å². The van der Waals surface area contributed by atoms with E-state index in [4.69, 9.17) is 23.8 Å². The normalized spacial score (nSPS) is 11.8. The van der Waals surface area contributed by atoms with Gasteiger partial charge < -0.3 is 22.5 Å². The lowest BCUT2D eigenvalue weighted by molar-refractivity contribution is 0.669. The minimum Gasteiger partial charge on any atom is -0.456 e. The highest BCUT2D eigenvalue weighted by atomic mass is 16.3. The van der Waals surface area contributed by atoms with E-state index in [9.17, 15) is 0 Å². The molecule has 0 saturated heterocycles. The van der Waals surface area contributed by atoms with Crippen LogP contribution >= 0.6 is 0 Å². The summed E-state index contributed by atoms with van der Waals surface area (Å²) in [5.74, 6) is 0. The van der Waals surface area contributed by atoms with Crippen molar-refractivity contribution in [2.75, 3.05) is 0 Å². The summed E-state index contributed by atoms with van der Waals surface area (Å²) in [7, 11) is 0.